The molecule has 0 saturated heterocycles. The van der Waals surface area contributed by atoms with Crippen LogP contribution >= 0.6 is 11.6 Å². The van der Waals surface area contributed by atoms with E-state index in [1.165, 1.54) is 0 Å². The average Bonchev–Trinajstić information content (AvgIpc) is 2.68. The zero-order valence-electron chi connectivity index (χ0n) is 15.3. The maximum absolute atomic E-state index is 12.9. The van der Waals surface area contributed by atoms with Gasteiger partial charge in [-0.2, -0.15) is 8.42 Å². The third kappa shape index (κ3) is 3.81. The quantitative estimate of drug-likeness (QED) is 0.610. The van der Waals surface area contributed by atoms with Crippen LogP contribution in [0, 0.1) is 6.92 Å². The Hall–Kier alpha value is -2.63. The number of benzene rings is 3. The van der Waals surface area contributed by atoms with E-state index in [0.29, 0.717) is 23.8 Å². The van der Waals surface area contributed by atoms with E-state index in [-0.39, 0.29) is 4.90 Å². The molecule has 0 radical (unpaired) electrons. The number of anilines is 1. The first kappa shape index (κ1) is 18.7. The molecule has 0 aromatic heterocycles. The Labute approximate surface area is 170 Å². The summed E-state index contributed by atoms with van der Waals surface area (Å²) < 4.78 is 30.1. The first-order chi connectivity index (χ1) is 13.4. The van der Waals surface area contributed by atoms with E-state index in [9.17, 15) is 8.42 Å². The monoisotopic (exact) mass is 410 g/mol. The molecular weight excluding hydrogens is 392 g/mol. The molecule has 0 fully saturated rings. The van der Waals surface area contributed by atoms with Gasteiger partial charge < -0.3 is 4.90 Å². The fourth-order valence-electron chi connectivity index (χ4n) is 3.27. The maximum Gasteiger partial charge on any atom is 0.283 e. The lowest BCUT2D eigenvalue weighted by Crippen LogP contribution is -2.37. The molecule has 0 aliphatic carbocycles. The second kappa shape index (κ2) is 7.41. The Balaban J connectivity index is 1.81. The van der Waals surface area contributed by atoms with E-state index < -0.39 is 10.0 Å². The van der Waals surface area contributed by atoms with Crippen LogP contribution in [0.2, 0.25) is 5.02 Å². The third-order valence-electron chi connectivity index (χ3n) is 4.77. The zero-order chi connectivity index (χ0) is 19.7. The minimum absolute atomic E-state index is 0.190. The largest absolute Gasteiger partial charge is 0.324 e. The molecule has 0 N–H and O–H groups in total. The molecule has 1 aliphatic rings. The highest BCUT2D eigenvalue weighted by Crippen LogP contribution is 2.29. The molecule has 28 heavy (non-hydrogen) atoms. The van der Waals surface area contributed by atoms with Crippen molar-refractivity contribution in [2.45, 2.75) is 24.8 Å². The van der Waals surface area contributed by atoms with Crippen molar-refractivity contribution in [3.8, 4) is 0 Å². The highest BCUT2D eigenvalue weighted by molar-refractivity contribution is 7.90. The number of rotatable bonds is 3. The Morgan fingerprint density at radius 3 is 2.36 bits per heavy atom. The Bertz CT molecular complexity index is 1140. The fraction of sp³-hybridized carbons (Fsp3) is 0.136. The smallest absolute Gasteiger partial charge is 0.283 e. The normalized spacial score (nSPS) is 15.5. The summed E-state index contributed by atoms with van der Waals surface area (Å²) in [4.78, 5) is 2.14. The second-order valence-corrected chi connectivity index (χ2v) is 8.85. The van der Waals surface area contributed by atoms with E-state index >= 15 is 0 Å². The van der Waals surface area contributed by atoms with Crippen molar-refractivity contribution in [3.63, 3.8) is 0 Å². The van der Waals surface area contributed by atoms with Crippen molar-refractivity contribution >= 4 is 33.1 Å². The van der Waals surface area contributed by atoms with Gasteiger partial charge in [0.15, 0.2) is 0 Å². The standard InChI is InChI=1S/C22H19ClN2O2S/c1-16-7-11-21(12-8-16)28(26,27)24-22-14-18-13-19(23)10-9-17(18)15-25(22)20-5-3-2-4-6-20/h2-13H,14-15H2,1H3. The van der Waals surface area contributed by atoms with Crippen molar-refractivity contribution in [2.24, 2.45) is 4.40 Å². The molecule has 3 aromatic rings. The summed E-state index contributed by atoms with van der Waals surface area (Å²) >= 11 is 6.15. The van der Waals surface area contributed by atoms with Crippen LogP contribution in [0.15, 0.2) is 82.1 Å². The minimum Gasteiger partial charge on any atom is -0.324 e. The van der Waals surface area contributed by atoms with Crippen molar-refractivity contribution < 1.29 is 8.42 Å². The summed E-state index contributed by atoms with van der Waals surface area (Å²) in [6.07, 6.45) is 0.399. The maximum atomic E-state index is 12.9. The topological polar surface area (TPSA) is 49.7 Å². The number of amidine groups is 1. The highest BCUT2D eigenvalue weighted by atomic mass is 35.5. The van der Waals surface area contributed by atoms with Gasteiger partial charge in [0.05, 0.1) is 4.90 Å². The first-order valence-electron chi connectivity index (χ1n) is 8.93. The fourth-order valence-corrected chi connectivity index (χ4v) is 4.49. The summed E-state index contributed by atoms with van der Waals surface area (Å²) in [6, 6.07) is 22.2. The van der Waals surface area contributed by atoms with Gasteiger partial charge in [-0.05, 0) is 54.4 Å². The van der Waals surface area contributed by atoms with Crippen molar-refractivity contribution in [2.75, 3.05) is 4.90 Å². The van der Waals surface area contributed by atoms with Gasteiger partial charge in [-0.25, -0.2) is 0 Å². The van der Waals surface area contributed by atoms with Crippen LogP contribution in [-0.2, 0) is 23.0 Å². The van der Waals surface area contributed by atoms with Crippen LogP contribution in [0.5, 0.6) is 0 Å². The Morgan fingerprint density at radius 1 is 0.929 bits per heavy atom. The van der Waals surface area contributed by atoms with Crippen LogP contribution < -0.4 is 4.90 Å². The molecule has 0 bridgehead atoms. The number of para-hydroxylation sites is 1. The van der Waals surface area contributed by atoms with Gasteiger partial charge in [0.2, 0.25) is 0 Å². The van der Waals surface area contributed by atoms with E-state index in [4.69, 9.17) is 11.6 Å². The Kier molecular flexibility index (Phi) is 4.96. The van der Waals surface area contributed by atoms with Gasteiger partial charge in [0.25, 0.3) is 10.0 Å². The lowest BCUT2D eigenvalue weighted by Gasteiger charge is -2.32. The number of halogens is 1. The molecule has 3 aromatic carbocycles. The minimum atomic E-state index is -3.82. The predicted molar refractivity (Wildman–Crippen MR) is 114 cm³/mol. The Morgan fingerprint density at radius 2 is 1.64 bits per heavy atom. The number of hydrogen-bond donors (Lipinski definition) is 0. The van der Waals surface area contributed by atoms with Crippen LogP contribution in [0.3, 0.4) is 0 Å². The van der Waals surface area contributed by atoms with E-state index in [1.807, 2.05) is 60.4 Å². The molecule has 0 amide bonds. The van der Waals surface area contributed by atoms with Gasteiger partial charge in [-0.15, -0.1) is 4.40 Å². The molecule has 6 heteroatoms. The number of sulfonamides is 1. The number of hydrogen-bond acceptors (Lipinski definition) is 2. The summed E-state index contributed by atoms with van der Waals surface area (Å²) in [7, 11) is -3.82. The second-order valence-electron chi connectivity index (χ2n) is 6.81. The molecule has 0 atom stereocenters. The SMILES string of the molecule is Cc1ccc(S(=O)(=O)N=C2Cc3cc(Cl)ccc3CN2c2ccccc2)cc1. The first-order valence-corrected chi connectivity index (χ1v) is 10.7. The molecule has 1 aliphatic heterocycles. The van der Waals surface area contributed by atoms with Crippen LogP contribution in [0.1, 0.15) is 16.7 Å². The summed E-state index contributed by atoms with van der Waals surface area (Å²) in [6.45, 7) is 2.46. The van der Waals surface area contributed by atoms with Gasteiger partial charge in [0, 0.05) is 23.7 Å². The van der Waals surface area contributed by atoms with Crippen molar-refractivity contribution in [3.05, 3.63) is 94.5 Å². The molecule has 142 valence electrons. The summed E-state index contributed by atoms with van der Waals surface area (Å²) in [5.41, 5.74) is 4.01. The summed E-state index contributed by atoms with van der Waals surface area (Å²) in [5.74, 6) is 0.488. The van der Waals surface area contributed by atoms with E-state index in [0.717, 1.165) is 22.4 Å². The van der Waals surface area contributed by atoms with Gasteiger partial charge in [0.1, 0.15) is 5.84 Å². The molecule has 0 spiro atoms. The molecule has 0 unspecified atom stereocenters. The number of nitrogens with zero attached hydrogens (tertiary/aromatic N) is 2. The lowest BCUT2D eigenvalue weighted by molar-refractivity contribution is 0.597. The molecule has 4 rings (SSSR count). The highest BCUT2D eigenvalue weighted by Gasteiger charge is 2.25. The lowest BCUT2D eigenvalue weighted by atomic mass is 9.98. The molecule has 4 nitrogen and oxygen atoms in total. The van der Waals surface area contributed by atoms with E-state index in [2.05, 4.69) is 4.40 Å². The van der Waals surface area contributed by atoms with Gasteiger partial charge >= 0.3 is 0 Å². The predicted octanol–water partition coefficient (Wildman–Crippen LogP) is 5.00. The van der Waals surface area contributed by atoms with Crippen LogP contribution in [0.25, 0.3) is 0 Å². The number of aryl methyl sites for hydroxylation is 1. The molecule has 0 saturated carbocycles. The van der Waals surface area contributed by atoms with Crippen LogP contribution in [-0.4, -0.2) is 14.3 Å². The van der Waals surface area contributed by atoms with Crippen LogP contribution in [0.4, 0.5) is 5.69 Å². The molecular formula is C22H19ClN2O2S. The summed E-state index contributed by atoms with van der Waals surface area (Å²) in [5, 5.41) is 0.632. The average molecular weight is 411 g/mol. The van der Waals surface area contributed by atoms with Gasteiger partial charge in [-0.3, -0.25) is 0 Å². The van der Waals surface area contributed by atoms with Crippen molar-refractivity contribution in [1.29, 1.82) is 0 Å². The third-order valence-corrected chi connectivity index (χ3v) is 6.32. The zero-order valence-corrected chi connectivity index (χ0v) is 16.9. The van der Waals surface area contributed by atoms with Crippen molar-refractivity contribution in [1.82, 2.24) is 0 Å². The van der Waals surface area contributed by atoms with E-state index in [1.54, 1.807) is 24.3 Å². The number of fused-ring (bicyclic) bond motifs is 1. The molecule has 1 heterocycles. The van der Waals surface area contributed by atoms with Gasteiger partial charge in [-0.1, -0.05) is 53.6 Å².